The van der Waals surface area contributed by atoms with E-state index in [-0.39, 0.29) is 25.9 Å². The number of esters is 2. The Bertz CT molecular complexity index is 630. The van der Waals surface area contributed by atoms with E-state index in [4.69, 9.17) is 18.9 Å². The van der Waals surface area contributed by atoms with Crippen LogP contribution in [0.5, 0.6) is 0 Å². The summed E-state index contributed by atoms with van der Waals surface area (Å²) in [5, 5.41) is 68.3. The topological polar surface area (TPSA) is 213 Å². The van der Waals surface area contributed by atoms with Gasteiger partial charge < -0.3 is 54.7 Å². The van der Waals surface area contributed by atoms with Gasteiger partial charge in [0.25, 0.3) is 0 Å². The van der Waals surface area contributed by atoms with Gasteiger partial charge in [0.05, 0.1) is 57.1 Å². The van der Waals surface area contributed by atoms with Crippen molar-refractivity contribution in [2.24, 2.45) is 17.8 Å². The summed E-state index contributed by atoms with van der Waals surface area (Å²) in [7, 11) is 2.29. The Morgan fingerprint density at radius 3 is 1.76 bits per heavy atom. The van der Waals surface area contributed by atoms with Crippen LogP contribution >= 0.6 is 0 Å². The van der Waals surface area contributed by atoms with E-state index >= 15 is 0 Å². The second-order valence-corrected chi connectivity index (χ2v) is 8.51. The van der Waals surface area contributed by atoms with Crippen LogP contribution in [0.1, 0.15) is 33.1 Å². The number of carbonyl (C=O) groups excluding carboxylic acids is 2. The first-order valence-corrected chi connectivity index (χ1v) is 11.1. The van der Waals surface area contributed by atoms with Crippen molar-refractivity contribution in [3.63, 3.8) is 0 Å². The molecule has 1 saturated carbocycles. The molecule has 0 aromatic carbocycles. The molecule has 0 heterocycles. The lowest BCUT2D eigenvalue weighted by atomic mass is 9.76. The second kappa shape index (κ2) is 14.2. The van der Waals surface area contributed by atoms with Crippen LogP contribution in [0.4, 0.5) is 0 Å². The molecule has 0 saturated heterocycles. The van der Waals surface area contributed by atoms with E-state index in [1.807, 2.05) is 0 Å². The molecule has 0 aliphatic heterocycles. The fourth-order valence-electron chi connectivity index (χ4n) is 3.91. The van der Waals surface area contributed by atoms with Crippen LogP contribution in [-0.2, 0) is 28.5 Å². The van der Waals surface area contributed by atoms with E-state index in [0.29, 0.717) is 0 Å². The minimum absolute atomic E-state index is 0.117. The predicted octanol–water partition coefficient (Wildman–Crippen LogP) is -2.75. The van der Waals surface area contributed by atoms with Crippen molar-refractivity contribution in [3.8, 4) is 0 Å². The normalized spacial score (nSPS) is 28.5. The van der Waals surface area contributed by atoms with Gasteiger partial charge in [-0.3, -0.25) is 9.59 Å². The molecule has 200 valence electrons. The van der Waals surface area contributed by atoms with Gasteiger partial charge >= 0.3 is 11.9 Å². The fourth-order valence-corrected chi connectivity index (χ4v) is 3.91. The van der Waals surface area contributed by atoms with E-state index in [1.165, 1.54) is 6.92 Å². The monoisotopic (exact) mass is 498 g/mol. The maximum absolute atomic E-state index is 12.3. The van der Waals surface area contributed by atoms with E-state index in [2.05, 4.69) is 0 Å². The van der Waals surface area contributed by atoms with Crippen molar-refractivity contribution in [1.82, 2.24) is 0 Å². The summed E-state index contributed by atoms with van der Waals surface area (Å²) in [4.78, 5) is 24.6. The molecule has 34 heavy (non-hydrogen) atoms. The fraction of sp³-hybridized carbons (Fsp3) is 0.905. The molecule has 1 rings (SSSR count). The summed E-state index contributed by atoms with van der Waals surface area (Å²) < 4.78 is 20.6. The highest BCUT2D eigenvalue weighted by Gasteiger charge is 2.47. The Balaban J connectivity index is 3.00. The van der Waals surface area contributed by atoms with Gasteiger partial charge in [-0.25, -0.2) is 0 Å². The Morgan fingerprint density at radius 2 is 1.32 bits per heavy atom. The van der Waals surface area contributed by atoms with Gasteiger partial charge in [0.1, 0.15) is 12.2 Å². The van der Waals surface area contributed by atoms with E-state index in [1.54, 1.807) is 6.92 Å². The number of rotatable bonds is 13. The zero-order chi connectivity index (χ0) is 26.2. The maximum Gasteiger partial charge on any atom is 0.309 e. The molecule has 10 unspecified atom stereocenters. The molecule has 7 N–H and O–H groups in total. The zero-order valence-corrected chi connectivity index (χ0v) is 19.8. The van der Waals surface area contributed by atoms with Crippen molar-refractivity contribution in [1.29, 1.82) is 0 Å². The van der Waals surface area contributed by atoms with Gasteiger partial charge in [-0.2, -0.15) is 0 Å². The molecular weight excluding hydrogens is 460 g/mol. The molecule has 1 fully saturated rings. The Labute approximate surface area is 197 Å². The number of hydrogen-bond donors (Lipinski definition) is 7. The van der Waals surface area contributed by atoms with Gasteiger partial charge in [0.15, 0.2) is 0 Å². The number of aliphatic hydroxyl groups excluding tert-OH is 6. The van der Waals surface area contributed by atoms with Crippen LogP contribution in [0.15, 0.2) is 0 Å². The number of methoxy groups -OCH3 is 2. The molecule has 13 heteroatoms. The second-order valence-electron chi connectivity index (χ2n) is 8.51. The third-order valence-corrected chi connectivity index (χ3v) is 6.12. The minimum Gasteiger partial charge on any atom is -0.469 e. The molecular formula is C21H38O13. The van der Waals surface area contributed by atoms with Crippen molar-refractivity contribution in [2.75, 3.05) is 20.8 Å². The number of aliphatic hydroxyl groups is 7. The molecule has 10 atom stereocenters. The van der Waals surface area contributed by atoms with Crippen molar-refractivity contribution in [3.05, 3.63) is 0 Å². The minimum atomic E-state index is -2.24. The van der Waals surface area contributed by atoms with Crippen molar-refractivity contribution in [2.45, 2.75) is 82.3 Å². The quantitative estimate of drug-likeness (QED) is 0.101. The summed E-state index contributed by atoms with van der Waals surface area (Å²) in [6.07, 6.45) is -12.4. The summed E-state index contributed by atoms with van der Waals surface area (Å²) in [6, 6.07) is 0. The molecule has 0 spiro atoms. The largest absolute Gasteiger partial charge is 0.469 e. The van der Waals surface area contributed by atoms with Gasteiger partial charge in [0, 0.05) is 5.92 Å². The molecule has 0 aromatic heterocycles. The summed E-state index contributed by atoms with van der Waals surface area (Å²) in [5.74, 6) is -4.19. The lowest BCUT2D eigenvalue weighted by molar-refractivity contribution is -0.271. The SMILES string of the molecule is CCC(O)C(O)C(O)C(O)C(C)COC1CC(C(=O)OC)C(C(=O)OC)CC1OC(O)C(O)O. The van der Waals surface area contributed by atoms with E-state index in [0.717, 1.165) is 14.2 Å². The molecule has 0 aromatic rings. The highest BCUT2D eigenvalue weighted by atomic mass is 16.7. The maximum atomic E-state index is 12.3. The van der Waals surface area contributed by atoms with Crippen LogP contribution in [-0.4, -0.2) is 118 Å². The molecule has 0 radical (unpaired) electrons. The molecule has 0 bridgehead atoms. The average Bonchev–Trinajstić information content (AvgIpc) is 2.84. The lowest BCUT2D eigenvalue weighted by Gasteiger charge is -2.40. The Morgan fingerprint density at radius 1 is 0.824 bits per heavy atom. The Kier molecular flexibility index (Phi) is 12.8. The van der Waals surface area contributed by atoms with E-state index in [9.17, 15) is 45.3 Å². The summed E-state index contributed by atoms with van der Waals surface area (Å²) in [6.45, 7) is 2.89. The first kappa shape index (κ1) is 30.6. The first-order chi connectivity index (χ1) is 15.9. The number of hydrogen-bond acceptors (Lipinski definition) is 13. The van der Waals surface area contributed by atoms with Crippen molar-refractivity contribution >= 4 is 11.9 Å². The zero-order valence-electron chi connectivity index (χ0n) is 19.8. The standard InChI is InChI=1S/C21H38O13/c1-5-12(22)16(24)17(25)15(23)9(2)8-33-13-6-10(19(28)31-3)11(20(29)32-4)7-14(13)34-21(30)18(26)27/h9-18,21-27,30H,5-8H2,1-4H3. The third kappa shape index (κ3) is 8.07. The summed E-state index contributed by atoms with van der Waals surface area (Å²) >= 11 is 0. The predicted molar refractivity (Wildman–Crippen MR) is 113 cm³/mol. The molecule has 0 amide bonds. The van der Waals surface area contributed by atoms with Crippen LogP contribution in [0, 0.1) is 17.8 Å². The molecule has 1 aliphatic carbocycles. The van der Waals surface area contributed by atoms with Crippen LogP contribution in [0.2, 0.25) is 0 Å². The Hall–Kier alpha value is -1.42. The smallest absolute Gasteiger partial charge is 0.309 e. The van der Waals surface area contributed by atoms with Gasteiger partial charge in [-0.05, 0) is 19.3 Å². The van der Waals surface area contributed by atoms with Gasteiger partial charge in [0.2, 0.25) is 12.6 Å². The molecule has 13 nitrogen and oxygen atoms in total. The van der Waals surface area contributed by atoms with Crippen LogP contribution < -0.4 is 0 Å². The molecule has 1 aliphatic rings. The van der Waals surface area contributed by atoms with Gasteiger partial charge in [-0.15, -0.1) is 0 Å². The third-order valence-electron chi connectivity index (χ3n) is 6.12. The highest BCUT2D eigenvalue weighted by Crippen LogP contribution is 2.36. The first-order valence-electron chi connectivity index (χ1n) is 11.1. The van der Waals surface area contributed by atoms with E-state index < -0.39 is 78.9 Å². The summed E-state index contributed by atoms with van der Waals surface area (Å²) in [5.41, 5.74) is 0. The van der Waals surface area contributed by atoms with Crippen molar-refractivity contribution < 1.29 is 64.3 Å². The van der Waals surface area contributed by atoms with Crippen LogP contribution in [0.3, 0.4) is 0 Å². The average molecular weight is 499 g/mol. The lowest BCUT2D eigenvalue weighted by Crippen LogP contribution is -2.51. The van der Waals surface area contributed by atoms with Gasteiger partial charge in [-0.1, -0.05) is 13.8 Å². The highest BCUT2D eigenvalue weighted by molar-refractivity contribution is 5.82. The van der Waals surface area contributed by atoms with Crippen LogP contribution in [0.25, 0.3) is 0 Å². The number of carbonyl (C=O) groups is 2. The number of ether oxygens (including phenoxy) is 4.